The molecule has 7 heteroatoms. The van der Waals surface area contributed by atoms with Crippen molar-refractivity contribution in [1.29, 1.82) is 0 Å². The van der Waals surface area contributed by atoms with Gasteiger partial charge in [-0.1, -0.05) is 35.5 Å². The van der Waals surface area contributed by atoms with Crippen LogP contribution in [0.15, 0.2) is 47.1 Å². The molecule has 4 rings (SSSR count). The molecular formula is C16H15N5O2. The van der Waals surface area contributed by atoms with E-state index in [2.05, 4.69) is 25.0 Å². The zero-order valence-corrected chi connectivity index (χ0v) is 12.6. The number of benzene rings is 1. The molecule has 0 bridgehead atoms. The standard InChI is InChI=1S/C16H15N5O2/c1-22-13-7-8-17-16(18-13)21-9-12(10-21)15-19-14(20-23-15)11-5-3-2-4-6-11/h2-8,12H,9-10H2,1H3. The molecule has 0 amide bonds. The predicted octanol–water partition coefficient (Wildman–Crippen LogP) is 2.14. The lowest BCUT2D eigenvalue weighted by Crippen LogP contribution is -2.46. The Balaban J connectivity index is 1.45. The highest BCUT2D eigenvalue weighted by molar-refractivity contribution is 5.53. The van der Waals surface area contributed by atoms with Gasteiger partial charge in [0.25, 0.3) is 0 Å². The van der Waals surface area contributed by atoms with E-state index in [4.69, 9.17) is 9.26 Å². The van der Waals surface area contributed by atoms with Crippen LogP contribution in [-0.4, -0.2) is 40.3 Å². The molecule has 1 aliphatic heterocycles. The predicted molar refractivity (Wildman–Crippen MR) is 83.3 cm³/mol. The van der Waals surface area contributed by atoms with Gasteiger partial charge in [-0.15, -0.1) is 0 Å². The van der Waals surface area contributed by atoms with Gasteiger partial charge in [-0.2, -0.15) is 9.97 Å². The highest BCUT2D eigenvalue weighted by Gasteiger charge is 2.34. The van der Waals surface area contributed by atoms with Crippen molar-refractivity contribution >= 4 is 5.95 Å². The molecule has 1 fully saturated rings. The van der Waals surface area contributed by atoms with Gasteiger partial charge in [-0.05, 0) is 0 Å². The lowest BCUT2D eigenvalue weighted by atomic mass is 10.0. The van der Waals surface area contributed by atoms with E-state index in [1.807, 2.05) is 30.3 Å². The summed E-state index contributed by atoms with van der Waals surface area (Å²) < 4.78 is 10.5. The topological polar surface area (TPSA) is 77.2 Å². The summed E-state index contributed by atoms with van der Waals surface area (Å²) in [6.07, 6.45) is 1.69. The summed E-state index contributed by atoms with van der Waals surface area (Å²) in [6.45, 7) is 1.51. The molecule has 0 saturated carbocycles. The monoisotopic (exact) mass is 309 g/mol. The molecule has 3 heterocycles. The van der Waals surface area contributed by atoms with Crippen LogP contribution in [0, 0.1) is 0 Å². The van der Waals surface area contributed by atoms with Crippen molar-refractivity contribution in [1.82, 2.24) is 20.1 Å². The van der Waals surface area contributed by atoms with Gasteiger partial charge < -0.3 is 14.2 Å². The number of anilines is 1. The summed E-state index contributed by atoms with van der Waals surface area (Å²) in [7, 11) is 1.59. The Labute approximate surface area is 132 Å². The summed E-state index contributed by atoms with van der Waals surface area (Å²) >= 11 is 0. The second-order valence-corrected chi connectivity index (χ2v) is 5.32. The molecule has 0 radical (unpaired) electrons. The Hall–Kier alpha value is -2.96. The fourth-order valence-corrected chi connectivity index (χ4v) is 2.50. The molecule has 0 N–H and O–H groups in total. The second kappa shape index (κ2) is 5.68. The highest BCUT2D eigenvalue weighted by Crippen LogP contribution is 2.30. The summed E-state index contributed by atoms with van der Waals surface area (Å²) in [5, 5.41) is 4.06. The molecule has 0 spiro atoms. The third-order valence-corrected chi connectivity index (χ3v) is 3.81. The van der Waals surface area contributed by atoms with Crippen LogP contribution in [0.4, 0.5) is 5.95 Å². The minimum atomic E-state index is 0.203. The van der Waals surface area contributed by atoms with E-state index in [1.165, 1.54) is 0 Å². The van der Waals surface area contributed by atoms with E-state index in [0.29, 0.717) is 23.5 Å². The van der Waals surface area contributed by atoms with Gasteiger partial charge in [0.15, 0.2) is 0 Å². The van der Waals surface area contributed by atoms with Crippen LogP contribution in [-0.2, 0) is 0 Å². The fraction of sp³-hybridized carbons (Fsp3) is 0.250. The lowest BCUT2D eigenvalue weighted by molar-refractivity contribution is 0.327. The molecule has 1 aliphatic rings. The van der Waals surface area contributed by atoms with Gasteiger partial charge in [-0.25, -0.2) is 4.98 Å². The Morgan fingerprint density at radius 1 is 1.13 bits per heavy atom. The Bertz CT molecular complexity index is 799. The maximum Gasteiger partial charge on any atom is 0.233 e. The van der Waals surface area contributed by atoms with E-state index in [9.17, 15) is 0 Å². The zero-order valence-electron chi connectivity index (χ0n) is 12.6. The number of ether oxygens (including phenoxy) is 1. The molecule has 3 aromatic rings. The van der Waals surface area contributed by atoms with Crippen molar-refractivity contribution in [3.05, 3.63) is 48.5 Å². The van der Waals surface area contributed by atoms with Crippen molar-refractivity contribution in [2.75, 3.05) is 25.1 Å². The molecule has 1 saturated heterocycles. The number of hydrogen-bond acceptors (Lipinski definition) is 7. The molecular weight excluding hydrogens is 294 g/mol. The summed E-state index contributed by atoms with van der Waals surface area (Å²) in [5.41, 5.74) is 0.954. The minimum Gasteiger partial charge on any atom is -0.481 e. The van der Waals surface area contributed by atoms with Gasteiger partial charge in [0, 0.05) is 30.9 Å². The number of hydrogen-bond donors (Lipinski definition) is 0. The van der Waals surface area contributed by atoms with Crippen LogP contribution in [0.5, 0.6) is 5.88 Å². The third-order valence-electron chi connectivity index (χ3n) is 3.81. The molecule has 0 aliphatic carbocycles. The maximum atomic E-state index is 5.40. The maximum absolute atomic E-state index is 5.40. The van der Waals surface area contributed by atoms with Gasteiger partial charge in [0.1, 0.15) is 0 Å². The van der Waals surface area contributed by atoms with E-state index < -0.39 is 0 Å². The van der Waals surface area contributed by atoms with E-state index in [1.54, 1.807) is 19.4 Å². The molecule has 7 nitrogen and oxygen atoms in total. The minimum absolute atomic E-state index is 0.203. The van der Waals surface area contributed by atoms with Crippen molar-refractivity contribution in [3.8, 4) is 17.3 Å². The lowest BCUT2D eigenvalue weighted by Gasteiger charge is -2.36. The van der Waals surface area contributed by atoms with Gasteiger partial charge in [0.2, 0.25) is 23.5 Å². The molecule has 2 aromatic heterocycles. The molecule has 0 unspecified atom stereocenters. The number of rotatable bonds is 4. The van der Waals surface area contributed by atoms with Crippen LogP contribution in [0.25, 0.3) is 11.4 Å². The number of nitrogens with zero attached hydrogens (tertiary/aromatic N) is 5. The van der Waals surface area contributed by atoms with Gasteiger partial charge >= 0.3 is 0 Å². The third kappa shape index (κ3) is 2.61. The van der Waals surface area contributed by atoms with Gasteiger partial charge in [0.05, 0.1) is 13.0 Å². The van der Waals surface area contributed by atoms with E-state index in [-0.39, 0.29) is 5.92 Å². The average molecular weight is 309 g/mol. The van der Waals surface area contributed by atoms with Crippen LogP contribution >= 0.6 is 0 Å². The van der Waals surface area contributed by atoms with E-state index in [0.717, 1.165) is 18.7 Å². The zero-order chi connectivity index (χ0) is 15.6. The summed E-state index contributed by atoms with van der Waals surface area (Å²) in [5.74, 6) is 2.69. The quantitative estimate of drug-likeness (QED) is 0.730. The Morgan fingerprint density at radius 2 is 1.96 bits per heavy atom. The molecule has 0 atom stereocenters. The first-order valence-electron chi connectivity index (χ1n) is 7.34. The second-order valence-electron chi connectivity index (χ2n) is 5.32. The highest BCUT2D eigenvalue weighted by atomic mass is 16.5. The average Bonchev–Trinajstić information content (AvgIpc) is 3.04. The first kappa shape index (κ1) is 13.7. The van der Waals surface area contributed by atoms with Crippen LogP contribution in [0.3, 0.4) is 0 Å². The Kier molecular flexibility index (Phi) is 3.38. The first-order chi connectivity index (χ1) is 11.3. The van der Waals surface area contributed by atoms with Crippen molar-refractivity contribution < 1.29 is 9.26 Å². The van der Waals surface area contributed by atoms with Crippen LogP contribution in [0.1, 0.15) is 11.8 Å². The van der Waals surface area contributed by atoms with Crippen LogP contribution < -0.4 is 9.64 Å². The number of aromatic nitrogens is 4. The smallest absolute Gasteiger partial charge is 0.233 e. The van der Waals surface area contributed by atoms with Gasteiger partial charge in [-0.3, -0.25) is 0 Å². The first-order valence-corrected chi connectivity index (χ1v) is 7.34. The largest absolute Gasteiger partial charge is 0.481 e. The molecule has 1 aromatic carbocycles. The van der Waals surface area contributed by atoms with Crippen molar-refractivity contribution in [2.45, 2.75) is 5.92 Å². The van der Waals surface area contributed by atoms with Crippen molar-refractivity contribution in [2.24, 2.45) is 0 Å². The van der Waals surface area contributed by atoms with Crippen molar-refractivity contribution in [3.63, 3.8) is 0 Å². The molecule has 23 heavy (non-hydrogen) atoms. The summed E-state index contributed by atoms with van der Waals surface area (Å²) in [4.78, 5) is 15.1. The Morgan fingerprint density at radius 3 is 2.74 bits per heavy atom. The fourth-order valence-electron chi connectivity index (χ4n) is 2.50. The van der Waals surface area contributed by atoms with Crippen LogP contribution in [0.2, 0.25) is 0 Å². The number of methoxy groups -OCH3 is 1. The molecule has 116 valence electrons. The normalized spacial score (nSPS) is 14.6. The SMILES string of the molecule is COc1ccnc(N2CC(c3nc(-c4ccccc4)no3)C2)n1. The summed E-state index contributed by atoms with van der Waals surface area (Å²) in [6, 6.07) is 11.5. The van der Waals surface area contributed by atoms with E-state index >= 15 is 0 Å².